The fourth-order valence-corrected chi connectivity index (χ4v) is 3.13. The average molecular weight is 361 g/mol. The summed E-state index contributed by atoms with van der Waals surface area (Å²) >= 11 is 3.43. The molecule has 1 fully saturated rings. The molecule has 1 amide bonds. The van der Waals surface area contributed by atoms with Crippen LogP contribution in [0.4, 0.5) is 0 Å². The van der Waals surface area contributed by atoms with E-state index in [2.05, 4.69) is 31.3 Å². The molecule has 0 aliphatic carbocycles. The second kappa shape index (κ2) is 4.91. The second-order valence-corrected chi connectivity index (χ2v) is 6.30. The Kier molecular flexibility index (Phi) is 3.00. The summed E-state index contributed by atoms with van der Waals surface area (Å²) in [5, 5.41) is 13.1. The largest absolute Gasteiger partial charge is 0.333 e. The van der Waals surface area contributed by atoms with Gasteiger partial charge in [-0.1, -0.05) is 21.1 Å². The first kappa shape index (κ1) is 13.4. The standard InChI is InChI=1S/C14H13BrN6O/c1-19-13(11-3-2-9(15)6-12(11)17-19)14(22)20-7-10(8-20)21-5-4-16-18-21/h2-6,10H,7-8H2,1H3. The number of amides is 1. The Morgan fingerprint density at radius 1 is 1.36 bits per heavy atom. The van der Waals surface area contributed by atoms with E-state index in [-0.39, 0.29) is 11.9 Å². The first-order valence-corrected chi connectivity index (χ1v) is 7.70. The fourth-order valence-electron chi connectivity index (χ4n) is 2.78. The molecule has 0 spiro atoms. The number of aromatic nitrogens is 5. The summed E-state index contributed by atoms with van der Waals surface area (Å²) in [7, 11) is 1.80. The monoisotopic (exact) mass is 360 g/mol. The van der Waals surface area contributed by atoms with Crippen molar-refractivity contribution in [2.45, 2.75) is 6.04 Å². The van der Waals surface area contributed by atoms with E-state index >= 15 is 0 Å². The molecule has 8 heteroatoms. The lowest BCUT2D eigenvalue weighted by atomic mass is 10.1. The molecule has 7 nitrogen and oxygen atoms in total. The van der Waals surface area contributed by atoms with Crippen molar-refractivity contribution in [3.05, 3.63) is 40.8 Å². The number of nitrogens with zero attached hydrogens (tertiary/aromatic N) is 6. The van der Waals surface area contributed by atoms with Crippen molar-refractivity contribution in [2.24, 2.45) is 7.05 Å². The lowest BCUT2D eigenvalue weighted by molar-refractivity contribution is 0.0489. The zero-order valence-corrected chi connectivity index (χ0v) is 13.4. The van der Waals surface area contributed by atoms with Crippen molar-refractivity contribution >= 4 is 32.7 Å². The summed E-state index contributed by atoms with van der Waals surface area (Å²) in [5.74, 6) is 0.00341. The highest BCUT2D eigenvalue weighted by molar-refractivity contribution is 9.10. The van der Waals surface area contributed by atoms with Gasteiger partial charge in [-0.2, -0.15) is 5.10 Å². The molecule has 3 heterocycles. The molecule has 1 aliphatic heterocycles. The summed E-state index contributed by atoms with van der Waals surface area (Å²) in [5.41, 5.74) is 1.44. The Balaban J connectivity index is 1.60. The van der Waals surface area contributed by atoms with E-state index in [1.54, 1.807) is 22.6 Å². The Hall–Kier alpha value is -2.22. The lowest BCUT2D eigenvalue weighted by Gasteiger charge is -2.38. The molecule has 0 saturated carbocycles. The van der Waals surface area contributed by atoms with Gasteiger partial charge in [0.1, 0.15) is 5.69 Å². The van der Waals surface area contributed by atoms with E-state index < -0.39 is 0 Å². The minimum Gasteiger partial charge on any atom is -0.333 e. The third-order valence-electron chi connectivity index (χ3n) is 3.96. The summed E-state index contributed by atoms with van der Waals surface area (Å²) in [6.07, 6.45) is 3.47. The lowest BCUT2D eigenvalue weighted by Crippen LogP contribution is -2.51. The minimum absolute atomic E-state index is 0.00341. The quantitative estimate of drug-likeness (QED) is 0.696. The summed E-state index contributed by atoms with van der Waals surface area (Å²) in [4.78, 5) is 14.5. The molecule has 3 aromatic rings. The molecule has 0 unspecified atom stereocenters. The summed E-state index contributed by atoms with van der Waals surface area (Å²) < 4.78 is 4.40. The van der Waals surface area contributed by atoms with Gasteiger partial charge < -0.3 is 4.90 Å². The van der Waals surface area contributed by atoms with Crippen LogP contribution in [0.25, 0.3) is 10.9 Å². The Morgan fingerprint density at radius 2 is 2.18 bits per heavy atom. The summed E-state index contributed by atoms with van der Waals surface area (Å²) in [6, 6.07) is 5.98. The molecule has 0 bridgehead atoms. The van der Waals surface area contributed by atoms with Gasteiger partial charge in [-0.05, 0) is 18.2 Å². The molecule has 112 valence electrons. The van der Waals surface area contributed by atoms with Gasteiger partial charge in [0.05, 0.1) is 17.8 Å². The highest BCUT2D eigenvalue weighted by Crippen LogP contribution is 2.27. The van der Waals surface area contributed by atoms with Crippen molar-refractivity contribution in [3.8, 4) is 0 Å². The van der Waals surface area contributed by atoms with Gasteiger partial charge in [0.2, 0.25) is 0 Å². The topological polar surface area (TPSA) is 68.8 Å². The number of hydrogen-bond acceptors (Lipinski definition) is 4. The van der Waals surface area contributed by atoms with Gasteiger partial charge in [-0.15, -0.1) is 5.10 Å². The number of rotatable bonds is 2. The van der Waals surface area contributed by atoms with E-state index in [1.807, 2.05) is 29.3 Å². The Morgan fingerprint density at radius 3 is 2.91 bits per heavy atom. The van der Waals surface area contributed by atoms with E-state index in [9.17, 15) is 4.79 Å². The summed E-state index contributed by atoms with van der Waals surface area (Å²) in [6.45, 7) is 1.29. The third kappa shape index (κ3) is 2.02. The number of likely N-dealkylation sites (tertiary alicyclic amines) is 1. The highest BCUT2D eigenvalue weighted by Gasteiger charge is 2.34. The number of carbonyl (C=O) groups is 1. The van der Waals surface area contributed by atoms with Crippen molar-refractivity contribution in [3.63, 3.8) is 0 Å². The molecule has 0 radical (unpaired) electrons. The third-order valence-corrected chi connectivity index (χ3v) is 4.46. The molecule has 1 aliphatic rings. The maximum atomic E-state index is 12.7. The second-order valence-electron chi connectivity index (χ2n) is 5.38. The first-order chi connectivity index (χ1) is 10.6. The SMILES string of the molecule is Cn1nc2cc(Br)ccc2c1C(=O)N1CC(n2ccnn2)C1. The smallest absolute Gasteiger partial charge is 0.272 e. The number of halogens is 1. The van der Waals surface area contributed by atoms with Crippen LogP contribution in [0, 0.1) is 0 Å². The molecule has 1 saturated heterocycles. The van der Waals surface area contributed by atoms with E-state index in [0.717, 1.165) is 15.4 Å². The van der Waals surface area contributed by atoms with Crippen LogP contribution in [0.2, 0.25) is 0 Å². The predicted molar refractivity (Wildman–Crippen MR) is 83.4 cm³/mol. The Labute approximate surface area is 134 Å². The van der Waals surface area contributed by atoms with Crippen molar-refractivity contribution in [2.75, 3.05) is 13.1 Å². The van der Waals surface area contributed by atoms with Gasteiger partial charge >= 0.3 is 0 Å². The van der Waals surface area contributed by atoms with Crippen LogP contribution in [-0.4, -0.2) is 48.7 Å². The van der Waals surface area contributed by atoms with Crippen LogP contribution >= 0.6 is 15.9 Å². The van der Waals surface area contributed by atoms with Crippen molar-refractivity contribution in [1.82, 2.24) is 29.7 Å². The highest BCUT2D eigenvalue weighted by atomic mass is 79.9. The maximum Gasteiger partial charge on any atom is 0.272 e. The van der Waals surface area contributed by atoms with Gasteiger partial charge in [-0.3, -0.25) is 9.48 Å². The molecule has 4 rings (SSSR count). The van der Waals surface area contributed by atoms with Gasteiger partial charge in [-0.25, -0.2) is 4.68 Å². The van der Waals surface area contributed by atoms with Crippen LogP contribution < -0.4 is 0 Å². The van der Waals surface area contributed by atoms with E-state index in [4.69, 9.17) is 0 Å². The zero-order valence-electron chi connectivity index (χ0n) is 11.8. The first-order valence-electron chi connectivity index (χ1n) is 6.91. The molecule has 0 atom stereocenters. The fraction of sp³-hybridized carbons (Fsp3) is 0.286. The number of benzene rings is 1. The number of hydrogen-bond donors (Lipinski definition) is 0. The van der Waals surface area contributed by atoms with E-state index in [1.165, 1.54) is 0 Å². The number of fused-ring (bicyclic) bond motifs is 1. The predicted octanol–water partition coefficient (Wildman–Crippen LogP) is 1.62. The van der Waals surface area contributed by atoms with Crippen LogP contribution in [0.3, 0.4) is 0 Å². The normalized spacial score (nSPS) is 15.3. The van der Waals surface area contributed by atoms with Gasteiger partial charge in [0.25, 0.3) is 5.91 Å². The van der Waals surface area contributed by atoms with Crippen LogP contribution in [0.1, 0.15) is 16.5 Å². The van der Waals surface area contributed by atoms with Gasteiger partial charge in [0.15, 0.2) is 0 Å². The van der Waals surface area contributed by atoms with Crippen LogP contribution in [0.5, 0.6) is 0 Å². The maximum absolute atomic E-state index is 12.7. The molecular formula is C14H13BrN6O. The average Bonchev–Trinajstić information content (AvgIpc) is 3.03. The number of carbonyl (C=O) groups excluding carboxylic acids is 1. The number of aryl methyl sites for hydroxylation is 1. The van der Waals surface area contributed by atoms with Crippen LogP contribution in [0.15, 0.2) is 35.1 Å². The molecule has 22 heavy (non-hydrogen) atoms. The van der Waals surface area contributed by atoms with Crippen molar-refractivity contribution in [1.29, 1.82) is 0 Å². The zero-order chi connectivity index (χ0) is 15.3. The minimum atomic E-state index is 0.00341. The van der Waals surface area contributed by atoms with Crippen molar-refractivity contribution < 1.29 is 4.79 Å². The molecule has 1 aromatic carbocycles. The Bertz CT molecular complexity index is 850. The van der Waals surface area contributed by atoms with Crippen LogP contribution in [-0.2, 0) is 7.05 Å². The van der Waals surface area contributed by atoms with E-state index in [0.29, 0.717) is 18.8 Å². The molecule has 2 aromatic heterocycles. The molecular weight excluding hydrogens is 348 g/mol. The molecule has 0 N–H and O–H groups in total. The van der Waals surface area contributed by atoms with Gasteiger partial charge in [0, 0.05) is 36.2 Å².